The first-order chi connectivity index (χ1) is 16.0. The number of aromatic amines is 1. The van der Waals surface area contributed by atoms with Crippen LogP contribution in [0.4, 0.5) is 10.1 Å². The van der Waals surface area contributed by atoms with Crippen LogP contribution in [0.5, 0.6) is 5.75 Å². The van der Waals surface area contributed by atoms with Gasteiger partial charge in [0.05, 0.1) is 25.8 Å². The monoisotopic (exact) mass is 453 g/mol. The Morgan fingerprint density at radius 2 is 1.76 bits per heavy atom. The Morgan fingerprint density at radius 3 is 2.39 bits per heavy atom. The number of ether oxygens (including phenoxy) is 2. The molecular formula is C25H28FN3O4. The topological polar surface area (TPSA) is 92.5 Å². The Balaban J connectivity index is 1.85. The van der Waals surface area contributed by atoms with E-state index in [1.807, 2.05) is 31.2 Å². The molecule has 1 amide bonds. The van der Waals surface area contributed by atoms with E-state index in [9.17, 15) is 14.0 Å². The molecule has 0 spiro atoms. The van der Waals surface area contributed by atoms with Crippen LogP contribution in [-0.2, 0) is 24.2 Å². The molecule has 174 valence electrons. The van der Waals surface area contributed by atoms with Gasteiger partial charge >= 0.3 is 5.97 Å². The average Bonchev–Trinajstić information content (AvgIpc) is 3.21. The fourth-order valence-corrected chi connectivity index (χ4v) is 3.53. The van der Waals surface area contributed by atoms with Crippen LogP contribution in [0, 0.1) is 5.82 Å². The van der Waals surface area contributed by atoms with E-state index in [4.69, 9.17) is 9.47 Å². The van der Waals surface area contributed by atoms with Crippen LogP contribution >= 0.6 is 0 Å². The number of amides is 1. The highest BCUT2D eigenvalue weighted by atomic mass is 19.1. The summed E-state index contributed by atoms with van der Waals surface area (Å²) >= 11 is 0. The van der Waals surface area contributed by atoms with E-state index < -0.39 is 17.7 Å². The first kappa shape index (κ1) is 23.8. The fourth-order valence-electron chi connectivity index (χ4n) is 3.53. The summed E-state index contributed by atoms with van der Waals surface area (Å²) in [5.41, 5.74) is 2.91. The van der Waals surface area contributed by atoms with Crippen molar-refractivity contribution in [2.24, 2.45) is 0 Å². The van der Waals surface area contributed by atoms with Gasteiger partial charge in [-0.05, 0) is 49.2 Å². The number of esters is 1. The van der Waals surface area contributed by atoms with E-state index in [1.54, 1.807) is 32.2 Å². The Labute approximate surface area is 192 Å². The van der Waals surface area contributed by atoms with Gasteiger partial charge in [0, 0.05) is 23.5 Å². The largest absolute Gasteiger partial charge is 0.497 e. The zero-order valence-electron chi connectivity index (χ0n) is 19.0. The van der Waals surface area contributed by atoms with Gasteiger partial charge in [-0.2, -0.15) is 0 Å². The molecule has 0 atom stereocenters. The molecule has 0 radical (unpaired) electrons. The SMILES string of the molecule is CCOC(=O)c1c(CNc2ccc(OC)cc2)[nH]c(C(=O)NCc2ccccc2F)c1CC. The summed E-state index contributed by atoms with van der Waals surface area (Å²) in [5.74, 6) is -0.576. The standard InChI is InChI=1S/C25H28FN3O4/c1-4-19-22(25(31)33-5-2)21(15-27-17-10-12-18(32-3)13-11-17)29-23(19)24(30)28-14-16-8-6-7-9-20(16)26/h6-13,27,29H,4-5,14-15H2,1-3H3,(H,28,30). The van der Waals surface area contributed by atoms with Gasteiger partial charge in [0.1, 0.15) is 17.3 Å². The number of nitrogens with one attached hydrogen (secondary N) is 3. The molecule has 0 unspecified atom stereocenters. The minimum absolute atomic E-state index is 0.0296. The summed E-state index contributed by atoms with van der Waals surface area (Å²) in [6.45, 7) is 4.11. The molecule has 0 aliphatic rings. The molecule has 1 aromatic heterocycles. The molecule has 0 bridgehead atoms. The van der Waals surface area contributed by atoms with E-state index >= 15 is 0 Å². The third-order valence-electron chi connectivity index (χ3n) is 5.20. The van der Waals surface area contributed by atoms with Crippen molar-refractivity contribution in [2.45, 2.75) is 33.4 Å². The highest BCUT2D eigenvalue weighted by Crippen LogP contribution is 2.24. The molecule has 3 rings (SSSR count). The average molecular weight is 454 g/mol. The molecule has 0 saturated carbocycles. The fraction of sp³-hybridized carbons (Fsp3) is 0.280. The van der Waals surface area contributed by atoms with Crippen molar-refractivity contribution in [2.75, 3.05) is 19.0 Å². The predicted octanol–water partition coefficient (Wildman–Crippen LogP) is 4.44. The number of benzene rings is 2. The minimum Gasteiger partial charge on any atom is -0.497 e. The molecule has 33 heavy (non-hydrogen) atoms. The van der Waals surface area contributed by atoms with Crippen molar-refractivity contribution >= 4 is 17.6 Å². The molecule has 2 aromatic carbocycles. The minimum atomic E-state index is -0.495. The van der Waals surface area contributed by atoms with E-state index in [2.05, 4.69) is 15.6 Å². The van der Waals surface area contributed by atoms with Crippen LogP contribution < -0.4 is 15.4 Å². The van der Waals surface area contributed by atoms with Crippen molar-refractivity contribution in [1.82, 2.24) is 10.3 Å². The molecule has 0 fully saturated rings. The van der Waals surface area contributed by atoms with Crippen LogP contribution in [0.1, 0.15) is 51.5 Å². The highest BCUT2D eigenvalue weighted by Gasteiger charge is 2.26. The second kappa shape index (κ2) is 11.2. The molecule has 0 saturated heterocycles. The van der Waals surface area contributed by atoms with Gasteiger partial charge in [-0.15, -0.1) is 0 Å². The number of hydrogen-bond donors (Lipinski definition) is 3. The number of carbonyl (C=O) groups is 2. The van der Waals surface area contributed by atoms with Crippen molar-refractivity contribution in [1.29, 1.82) is 0 Å². The number of halogens is 1. The molecule has 7 nitrogen and oxygen atoms in total. The van der Waals surface area contributed by atoms with Crippen LogP contribution in [0.3, 0.4) is 0 Å². The summed E-state index contributed by atoms with van der Waals surface area (Å²) in [6, 6.07) is 13.6. The number of hydrogen-bond acceptors (Lipinski definition) is 5. The molecule has 8 heteroatoms. The summed E-state index contributed by atoms with van der Waals surface area (Å²) in [6.07, 6.45) is 0.440. The maximum absolute atomic E-state index is 13.9. The predicted molar refractivity (Wildman–Crippen MR) is 124 cm³/mol. The molecule has 3 N–H and O–H groups in total. The van der Waals surface area contributed by atoms with Crippen LogP contribution in [0.15, 0.2) is 48.5 Å². The van der Waals surface area contributed by atoms with Gasteiger partial charge in [-0.3, -0.25) is 4.79 Å². The van der Waals surface area contributed by atoms with Gasteiger partial charge in [0.25, 0.3) is 5.91 Å². The lowest BCUT2D eigenvalue weighted by molar-refractivity contribution is 0.0524. The van der Waals surface area contributed by atoms with E-state index in [-0.39, 0.29) is 25.4 Å². The summed E-state index contributed by atoms with van der Waals surface area (Å²) < 4.78 is 24.3. The van der Waals surface area contributed by atoms with Gasteiger partial charge < -0.3 is 25.1 Å². The maximum atomic E-state index is 13.9. The van der Waals surface area contributed by atoms with Gasteiger partial charge in [0.2, 0.25) is 0 Å². The van der Waals surface area contributed by atoms with E-state index in [1.165, 1.54) is 6.07 Å². The second-order valence-corrected chi connectivity index (χ2v) is 7.26. The number of carbonyl (C=O) groups excluding carboxylic acids is 2. The molecule has 1 heterocycles. The normalized spacial score (nSPS) is 10.5. The number of H-pyrrole nitrogens is 1. The van der Waals surface area contributed by atoms with Crippen LogP contribution in [-0.4, -0.2) is 30.6 Å². The maximum Gasteiger partial charge on any atom is 0.340 e. The number of rotatable bonds is 10. The Kier molecular flexibility index (Phi) is 8.07. The van der Waals surface area contributed by atoms with Gasteiger partial charge in [-0.25, -0.2) is 9.18 Å². The van der Waals surface area contributed by atoms with Crippen LogP contribution in [0.25, 0.3) is 0 Å². The first-order valence-corrected chi connectivity index (χ1v) is 10.8. The lowest BCUT2D eigenvalue weighted by atomic mass is 10.1. The van der Waals surface area contributed by atoms with Crippen molar-refractivity contribution in [3.05, 3.63) is 82.4 Å². The molecular weight excluding hydrogens is 425 g/mol. The number of aromatic nitrogens is 1. The molecule has 0 aliphatic heterocycles. The Bertz CT molecular complexity index is 1110. The third-order valence-corrected chi connectivity index (χ3v) is 5.20. The first-order valence-electron chi connectivity index (χ1n) is 10.8. The van der Waals surface area contributed by atoms with Gasteiger partial charge in [0.15, 0.2) is 0 Å². The summed E-state index contributed by atoms with van der Waals surface area (Å²) in [5, 5.41) is 5.97. The summed E-state index contributed by atoms with van der Waals surface area (Å²) in [7, 11) is 1.60. The lowest BCUT2D eigenvalue weighted by Gasteiger charge is -2.09. The Morgan fingerprint density at radius 1 is 1.03 bits per heavy atom. The van der Waals surface area contributed by atoms with E-state index in [0.29, 0.717) is 28.8 Å². The highest BCUT2D eigenvalue weighted by molar-refractivity contribution is 6.00. The number of methoxy groups -OCH3 is 1. The van der Waals surface area contributed by atoms with E-state index in [0.717, 1.165) is 11.4 Å². The summed E-state index contributed by atoms with van der Waals surface area (Å²) in [4.78, 5) is 28.8. The quantitative estimate of drug-likeness (QED) is 0.395. The second-order valence-electron chi connectivity index (χ2n) is 7.26. The zero-order valence-corrected chi connectivity index (χ0v) is 19.0. The van der Waals surface area contributed by atoms with Crippen molar-refractivity contribution < 1.29 is 23.5 Å². The van der Waals surface area contributed by atoms with Crippen molar-refractivity contribution in [3.8, 4) is 5.75 Å². The van der Waals surface area contributed by atoms with Crippen molar-refractivity contribution in [3.63, 3.8) is 0 Å². The number of anilines is 1. The third kappa shape index (κ3) is 5.71. The molecule has 3 aromatic rings. The lowest BCUT2D eigenvalue weighted by Crippen LogP contribution is -2.25. The van der Waals surface area contributed by atoms with Gasteiger partial charge in [-0.1, -0.05) is 25.1 Å². The smallest absolute Gasteiger partial charge is 0.340 e. The molecule has 0 aliphatic carbocycles. The van der Waals surface area contributed by atoms with Crippen LogP contribution in [0.2, 0.25) is 0 Å². The Hall–Kier alpha value is -3.81. The zero-order chi connectivity index (χ0) is 23.8.